The summed E-state index contributed by atoms with van der Waals surface area (Å²) in [4.78, 5) is 0. The average Bonchev–Trinajstić information content (AvgIpc) is 2.61. The molecule has 0 atom stereocenters. The largest absolute Gasteiger partial charge is 0.393 e. The van der Waals surface area contributed by atoms with E-state index in [1.165, 1.54) is 56.9 Å². The number of benzene rings is 1. The molecular weight excluding hydrogens is 325 g/mol. The van der Waals surface area contributed by atoms with Crippen molar-refractivity contribution in [1.82, 2.24) is 0 Å². The summed E-state index contributed by atoms with van der Waals surface area (Å²) in [5, 5.41) is 0. The van der Waals surface area contributed by atoms with E-state index in [4.69, 9.17) is 4.74 Å². The van der Waals surface area contributed by atoms with E-state index in [9.17, 15) is 13.2 Å². The van der Waals surface area contributed by atoms with Crippen molar-refractivity contribution in [3.63, 3.8) is 0 Å². The second kappa shape index (κ2) is 8.11. The highest BCUT2D eigenvalue weighted by Crippen LogP contribution is 2.43. The highest BCUT2D eigenvalue weighted by Gasteiger charge is 2.31. The number of hydrogen-bond donors (Lipinski definition) is 0. The van der Waals surface area contributed by atoms with Crippen molar-refractivity contribution < 1.29 is 17.9 Å². The Kier molecular flexibility index (Phi) is 6.08. The van der Waals surface area contributed by atoms with Crippen LogP contribution in [0.15, 0.2) is 24.3 Å². The first kappa shape index (κ1) is 18.8. The third-order valence-corrected chi connectivity index (χ3v) is 6.35. The number of halogens is 3. The van der Waals surface area contributed by atoms with Crippen molar-refractivity contribution in [2.75, 3.05) is 7.11 Å². The van der Waals surface area contributed by atoms with Crippen LogP contribution in [0.1, 0.15) is 68.4 Å². The monoisotopic (exact) mass is 354 g/mol. The third-order valence-electron chi connectivity index (χ3n) is 6.35. The molecule has 0 amide bonds. The zero-order chi connectivity index (χ0) is 17.9. The molecular formula is C21H29F3O. The molecule has 140 valence electrons. The van der Waals surface area contributed by atoms with Crippen LogP contribution in [0.2, 0.25) is 0 Å². The topological polar surface area (TPSA) is 9.23 Å². The molecule has 0 saturated heterocycles. The van der Waals surface area contributed by atoms with Crippen molar-refractivity contribution >= 4 is 0 Å². The Morgan fingerprint density at radius 1 is 0.840 bits per heavy atom. The summed E-state index contributed by atoms with van der Waals surface area (Å²) in [6, 6.07) is 7.13. The summed E-state index contributed by atoms with van der Waals surface area (Å²) in [7, 11) is 1.82. The van der Waals surface area contributed by atoms with E-state index in [1.807, 2.05) is 19.2 Å². The van der Waals surface area contributed by atoms with Crippen molar-refractivity contribution in [3.8, 4) is 0 Å². The van der Waals surface area contributed by atoms with Crippen LogP contribution in [0.5, 0.6) is 0 Å². The lowest BCUT2D eigenvalue weighted by Gasteiger charge is -2.37. The predicted octanol–water partition coefficient (Wildman–Crippen LogP) is 6.27. The molecule has 2 saturated carbocycles. The summed E-state index contributed by atoms with van der Waals surface area (Å²) in [6.45, 7) is 0. The fourth-order valence-corrected chi connectivity index (χ4v) is 4.86. The van der Waals surface area contributed by atoms with E-state index in [1.54, 1.807) is 12.1 Å². The highest BCUT2D eigenvalue weighted by atomic mass is 19.4. The summed E-state index contributed by atoms with van der Waals surface area (Å²) < 4.78 is 42.8. The van der Waals surface area contributed by atoms with E-state index in [0.29, 0.717) is 17.6 Å². The van der Waals surface area contributed by atoms with Gasteiger partial charge in [0, 0.05) is 7.11 Å². The molecule has 0 bridgehead atoms. The van der Waals surface area contributed by atoms with Crippen molar-refractivity contribution in [1.29, 1.82) is 0 Å². The molecule has 1 aromatic carbocycles. The lowest BCUT2D eigenvalue weighted by atomic mass is 9.69. The molecule has 0 N–H and O–H groups in total. The average molecular weight is 354 g/mol. The second-order valence-corrected chi connectivity index (χ2v) is 7.92. The molecule has 0 spiro atoms. The Morgan fingerprint density at radius 3 is 1.84 bits per heavy atom. The minimum absolute atomic E-state index is 0.361. The first-order valence-electron chi connectivity index (χ1n) is 9.63. The molecule has 0 aromatic heterocycles. The van der Waals surface area contributed by atoms with Gasteiger partial charge in [-0.15, -0.1) is 0 Å². The standard InChI is InChI=1S/C21H29F3O/c1-25-20-12-10-19(11-13-20)18-8-6-17(7-9-18)16-4-2-15(3-5-16)14-21(22,23)24/h2-5,17-20H,6-14H2,1H3. The van der Waals surface area contributed by atoms with E-state index >= 15 is 0 Å². The van der Waals surface area contributed by atoms with Crippen LogP contribution in [0.25, 0.3) is 0 Å². The molecule has 0 aliphatic heterocycles. The van der Waals surface area contributed by atoms with Crippen molar-refractivity contribution in [2.24, 2.45) is 11.8 Å². The Bertz CT molecular complexity index is 521. The third kappa shape index (κ3) is 5.22. The van der Waals surface area contributed by atoms with E-state index in [0.717, 1.165) is 11.8 Å². The van der Waals surface area contributed by atoms with Gasteiger partial charge in [-0.2, -0.15) is 13.2 Å². The van der Waals surface area contributed by atoms with Crippen LogP contribution in [0.3, 0.4) is 0 Å². The van der Waals surface area contributed by atoms with Gasteiger partial charge >= 0.3 is 6.18 Å². The van der Waals surface area contributed by atoms with Gasteiger partial charge in [-0.3, -0.25) is 0 Å². The molecule has 4 heteroatoms. The summed E-state index contributed by atoms with van der Waals surface area (Å²) in [6.07, 6.45) is 5.35. The Labute approximate surface area is 149 Å². The molecule has 1 aromatic rings. The molecule has 2 fully saturated rings. The maximum absolute atomic E-state index is 12.5. The zero-order valence-electron chi connectivity index (χ0n) is 15.0. The van der Waals surface area contributed by atoms with Gasteiger partial charge in [0.2, 0.25) is 0 Å². The maximum Gasteiger partial charge on any atom is 0.393 e. The molecule has 1 nitrogen and oxygen atoms in total. The number of methoxy groups -OCH3 is 1. The molecule has 3 rings (SSSR count). The maximum atomic E-state index is 12.5. The first-order chi connectivity index (χ1) is 11.9. The molecule has 2 aliphatic carbocycles. The summed E-state index contributed by atoms with van der Waals surface area (Å²) >= 11 is 0. The van der Waals surface area contributed by atoms with Gasteiger partial charge < -0.3 is 4.74 Å². The minimum atomic E-state index is -4.12. The molecule has 0 heterocycles. The number of rotatable bonds is 4. The Morgan fingerprint density at radius 2 is 1.36 bits per heavy atom. The first-order valence-corrected chi connectivity index (χ1v) is 9.63. The zero-order valence-corrected chi connectivity index (χ0v) is 15.0. The van der Waals surface area contributed by atoms with Gasteiger partial charge in [-0.25, -0.2) is 0 Å². The number of hydrogen-bond acceptors (Lipinski definition) is 1. The van der Waals surface area contributed by atoms with Gasteiger partial charge in [0.1, 0.15) is 0 Å². The predicted molar refractivity (Wildman–Crippen MR) is 93.7 cm³/mol. The molecule has 0 radical (unpaired) electrons. The normalized spacial score (nSPS) is 31.0. The van der Waals surface area contributed by atoms with E-state index in [2.05, 4.69) is 0 Å². The number of alkyl halides is 3. The van der Waals surface area contributed by atoms with Crippen molar-refractivity contribution in [3.05, 3.63) is 35.4 Å². The van der Waals surface area contributed by atoms with Crippen LogP contribution < -0.4 is 0 Å². The molecule has 25 heavy (non-hydrogen) atoms. The van der Waals surface area contributed by atoms with E-state index in [-0.39, 0.29) is 0 Å². The minimum Gasteiger partial charge on any atom is -0.381 e. The summed E-state index contributed by atoms with van der Waals surface area (Å²) in [5.74, 6) is 2.20. The Hall–Kier alpha value is -1.03. The van der Waals surface area contributed by atoms with Crippen LogP contribution >= 0.6 is 0 Å². The van der Waals surface area contributed by atoms with E-state index < -0.39 is 12.6 Å². The fraction of sp³-hybridized carbons (Fsp3) is 0.714. The quantitative estimate of drug-likeness (QED) is 0.619. The van der Waals surface area contributed by atoms with Crippen LogP contribution in [0.4, 0.5) is 13.2 Å². The second-order valence-electron chi connectivity index (χ2n) is 7.92. The lowest BCUT2D eigenvalue weighted by Crippen LogP contribution is -2.27. The van der Waals surface area contributed by atoms with Gasteiger partial charge in [-0.1, -0.05) is 24.3 Å². The highest BCUT2D eigenvalue weighted by molar-refractivity contribution is 5.26. The molecule has 2 aliphatic rings. The summed E-state index contributed by atoms with van der Waals surface area (Å²) in [5.41, 5.74) is 1.58. The van der Waals surface area contributed by atoms with Gasteiger partial charge in [0.25, 0.3) is 0 Å². The number of ether oxygens (including phenoxy) is 1. The lowest BCUT2D eigenvalue weighted by molar-refractivity contribution is -0.127. The van der Waals surface area contributed by atoms with Gasteiger partial charge in [0.05, 0.1) is 12.5 Å². The SMILES string of the molecule is COC1CCC(C2CCC(c3ccc(CC(F)(F)F)cc3)CC2)CC1. The van der Waals surface area contributed by atoms with Crippen LogP contribution in [-0.2, 0) is 11.2 Å². The Balaban J connectivity index is 1.49. The van der Waals surface area contributed by atoms with Gasteiger partial charge in [-0.05, 0) is 80.2 Å². The smallest absolute Gasteiger partial charge is 0.381 e. The van der Waals surface area contributed by atoms with Crippen molar-refractivity contribution in [2.45, 2.75) is 76.0 Å². The van der Waals surface area contributed by atoms with Gasteiger partial charge in [0.15, 0.2) is 0 Å². The fourth-order valence-electron chi connectivity index (χ4n) is 4.86. The van der Waals surface area contributed by atoms with Crippen LogP contribution in [0, 0.1) is 11.8 Å². The molecule has 0 unspecified atom stereocenters. The van der Waals surface area contributed by atoms with Crippen LogP contribution in [-0.4, -0.2) is 19.4 Å².